The minimum atomic E-state index is -1.22. The number of rotatable bonds is 11. The minimum absolute atomic E-state index is 0.0650. The first-order valence-corrected chi connectivity index (χ1v) is 9.27. The number of hydrogen-bond donors (Lipinski definition) is 7. The highest BCUT2D eigenvalue weighted by atomic mass is 32.1. The van der Waals surface area contributed by atoms with E-state index in [1.165, 1.54) is 13.8 Å². The van der Waals surface area contributed by atoms with Crippen molar-refractivity contribution >= 4 is 36.3 Å². The van der Waals surface area contributed by atoms with E-state index in [1.807, 2.05) is 6.92 Å². The molecule has 0 rings (SSSR count). The zero-order valence-corrected chi connectivity index (χ0v) is 16.8. The van der Waals surface area contributed by atoms with Crippen LogP contribution in [0.2, 0.25) is 0 Å². The molecule has 0 radical (unpaired) electrons. The normalized spacial score (nSPS) is 17.6. The Morgan fingerprint density at radius 3 is 1.96 bits per heavy atom. The van der Waals surface area contributed by atoms with E-state index < -0.39 is 54.0 Å². The number of hydrogen-bond acceptors (Lipinski definition) is 7. The van der Waals surface area contributed by atoms with Crippen LogP contribution < -0.4 is 21.7 Å². The van der Waals surface area contributed by atoms with E-state index >= 15 is 0 Å². The smallest absolute Gasteiger partial charge is 0.325 e. The number of nitrogens with one attached hydrogen (secondary N) is 3. The second-order valence-electron chi connectivity index (χ2n) is 6.45. The van der Waals surface area contributed by atoms with Gasteiger partial charge in [-0.1, -0.05) is 20.3 Å². The number of carboxylic acid groups (broad SMARTS) is 1. The summed E-state index contributed by atoms with van der Waals surface area (Å²) in [4.78, 5) is 47.7. The second-order valence-corrected chi connectivity index (χ2v) is 6.82. The van der Waals surface area contributed by atoms with E-state index in [1.54, 1.807) is 6.92 Å². The molecular formula is C16H30N4O6S. The summed E-state index contributed by atoms with van der Waals surface area (Å²) >= 11 is 4.02. The summed E-state index contributed by atoms with van der Waals surface area (Å²) in [6, 6.07) is -4.41. The van der Waals surface area contributed by atoms with Gasteiger partial charge in [0, 0.05) is 5.75 Å². The highest BCUT2D eigenvalue weighted by Crippen LogP contribution is 2.09. The van der Waals surface area contributed by atoms with Gasteiger partial charge in [0.2, 0.25) is 17.7 Å². The zero-order valence-electron chi connectivity index (χ0n) is 15.9. The van der Waals surface area contributed by atoms with Crippen molar-refractivity contribution in [3.8, 4) is 0 Å². The van der Waals surface area contributed by atoms with Crippen molar-refractivity contribution in [2.45, 2.75) is 64.4 Å². The Balaban J connectivity index is 5.17. The van der Waals surface area contributed by atoms with Crippen LogP contribution in [0, 0.1) is 5.92 Å². The number of nitrogens with two attached hydrogens (primary N) is 1. The van der Waals surface area contributed by atoms with E-state index in [0.717, 1.165) is 0 Å². The molecular weight excluding hydrogens is 376 g/mol. The van der Waals surface area contributed by atoms with Gasteiger partial charge in [-0.2, -0.15) is 12.6 Å². The van der Waals surface area contributed by atoms with Gasteiger partial charge in [-0.25, -0.2) is 0 Å². The van der Waals surface area contributed by atoms with Crippen molar-refractivity contribution in [1.29, 1.82) is 0 Å². The van der Waals surface area contributed by atoms with Crippen molar-refractivity contribution < 1.29 is 29.4 Å². The lowest BCUT2D eigenvalue weighted by Gasteiger charge is -2.27. The Hall–Kier alpha value is -1.85. The van der Waals surface area contributed by atoms with Crippen molar-refractivity contribution in [2.75, 3.05) is 5.75 Å². The molecule has 0 aromatic heterocycles. The highest BCUT2D eigenvalue weighted by Gasteiger charge is 2.31. The predicted molar refractivity (Wildman–Crippen MR) is 102 cm³/mol. The first kappa shape index (κ1) is 25.1. The van der Waals surface area contributed by atoms with Crippen LogP contribution in [-0.4, -0.2) is 69.9 Å². The van der Waals surface area contributed by atoms with E-state index in [4.69, 9.17) is 10.8 Å². The van der Waals surface area contributed by atoms with Gasteiger partial charge in [0.1, 0.15) is 24.2 Å². The Morgan fingerprint density at radius 2 is 1.56 bits per heavy atom. The molecule has 0 aliphatic carbocycles. The van der Waals surface area contributed by atoms with Crippen LogP contribution in [0.4, 0.5) is 0 Å². The number of amides is 3. The van der Waals surface area contributed by atoms with Gasteiger partial charge in [0.05, 0.1) is 6.10 Å². The second kappa shape index (κ2) is 11.8. The maximum atomic E-state index is 12.5. The number of carbonyl (C=O) groups excluding carboxylic acids is 3. The fraction of sp³-hybridized carbons (Fsp3) is 0.750. The van der Waals surface area contributed by atoms with Crippen LogP contribution in [0.3, 0.4) is 0 Å². The number of carbonyl (C=O) groups is 4. The first-order valence-electron chi connectivity index (χ1n) is 8.64. The standard InChI is InChI=1S/C16H30N4O6S/c1-5-7(2)12(15(24)18-8(3)16(25)26)20-13(22)10(6-27)19-14(23)11(17)9(4)21/h7-12,21,27H,5-6,17H2,1-4H3,(H,18,24)(H,19,23)(H,20,22)(H,25,26). The maximum Gasteiger partial charge on any atom is 0.325 e. The third-order valence-corrected chi connectivity index (χ3v) is 4.53. The molecule has 3 amide bonds. The Kier molecular flexibility index (Phi) is 11.0. The van der Waals surface area contributed by atoms with E-state index in [-0.39, 0.29) is 11.7 Å². The number of carboxylic acids is 1. The molecule has 0 aromatic carbocycles. The van der Waals surface area contributed by atoms with Crippen LogP contribution in [0.1, 0.15) is 34.1 Å². The lowest BCUT2D eigenvalue weighted by Crippen LogP contribution is -2.59. The molecule has 0 aliphatic heterocycles. The van der Waals surface area contributed by atoms with E-state index in [9.17, 15) is 24.3 Å². The van der Waals surface area contributed by atoms with Gasteiger partial charge in [0.25, 0.3) is 0 Å². The molecule has 0 saturated carbocycles. The summed E-state index contributed by atoms with van der Waals surface area (Å²) in [5.41, 5.74) is 5.53. The number of aliphatic carboxylic acids is 1. The molecule has 0 saturated heterocycles. The van der Waals surface area contributed by atoms with Crippen molar-refractivity contribution in [3.05, 3.63) is 0 Å². The van der Waals surface area contributed by atoms with Gasteiger partial charge in [-0.15, -0.1) is 0 Å². The molecule has 11 heteroatoms. The largest absolute Gasteiger partial charge is 0.480 e. The summed E-state index contributed by atoms with van der Waals surface area (Å²) in [5, 5.41) is 25.5. The molecule has 6 atom stereocenters. The van der Waals surface area contributed by atoms with E-state index in [0.29, 0.717) is 6.42 Å². The summed E-state index contributed by atoms with van der Waals surface area (Å²) in [6.07, 6.45) is -0.560. The maximum absolute atomic E-state index is 12.5. The fourth-order valence-corrected chi connectivity index (χ4v) is 2.26. The van der Waals surface area contributed by atoms with Gasteiger partial charge in [-0.05, 0) is 19.8 Å². The predicted octanol–water partition coefficient (Wildman–Crippen LogP) is -1.77. The average molecular weight is 407 g/mol. The summed E-state index contributed by atoms with van der Waals surface area (Å²) in [7, 11) is 0. The third-order valence-electron chi connectivity index (χ3n) is 4.16. The van der Waals surface area contributed by atoms with Gasteiger partial charge in [0.15, 0.2) is 0 Å². The third kappa shape index (κ3) is 8.14. The minimum Gasteiger partial charge on any atom is -0.480 e. The molecule has 156 valence electrons. The highest BCUT2D eigenvalue weighted by molar-refractivity contribution is 7.80. The Morgan fingerprint density at radius 1 is 1.00 bits per heavy atom. The van der Waals surface area contributed by atoms with Crippen molar-refractivity contribution in [1.82, 2.24) is 16.0 Å². The van der Waals surface area contributed by atoms with Gasteiger partial charge < -0.3 is 31.9 Å². The van der Waals surface area contributed by atoms with Crippen LogP contribution in [0.25, 0.3) is 0 Å². The molecule has 0 bridgehead atoms. The molecule has 0 aromatic rings. The average Bonchev–Trinajstić information content (AvgIpc) is 2.61. The quantitative estimate of drug-likeness (QED) is 0.199. The molecule has 7 N–H and O–H groups in total. The molecule has 10 nitrogen and oxygen atoms in total. The molecule has 0 spiro atoms. The number of thiol groups is 1. The Labute approximate surface area is 164 Å². The van der Waals surface area contributed by atoms with Crippen LogP contribution in [0.15, 0.2) is 0 Å². The molecule has 6 unspecified atom stereocenters. The Bertz CT molecular complexity index is 545. The number of aliphatic hydroxyl groups is 1. The molecule has 27 heavy (non-hydrogen) atoms. The monoisotopic (exact) mass is 406 g/mol. The van der Waals surface area contributed by atoms with Crippen molar-refractivity contribution in [3.63, 3.8) is 0 Å². The van der Waals surface area contributed by atoms with Crippen LogP contribution in [-0.2, 0) is 19.2 Å². The summed E-state index contributed by atoms with van der Waals surface area (Å²) in [6.45, 7) is 6.20. The lowest BCUT2D eigenvalue weighted by molar-refractivity contribution is -0.142. The lowest BCUT2D eigenvalue weighted by atomic mass is 9.97. The van der Waals surface area contributed by atoms with Gasteiger partial charge >= 0.3 is 5.97 Å². The van der Waals surface area contributed by atoms with Crippen LogP contribution >= 0.6 is 12.6 Å². The van der Waals surface area contributed by atoms with Crippen molar-refractivity contribution in [2.24, 2.45) is 11.7 Å². The van der Waals surface area contributed by atoms with Gasteiger partial charge in [-0.3, -0.25) is 19.2 Å². The zero-order chi connectivity index (χ0) is 21.3. The first-order chi connectivity index (χ1) is 12.5. The number of aliphatic hydroxyl groups excluding tert-OH is 1. The molecule has 0 fully saturated rings. The topological polar surface area (TPSA) is 171 Å². The summed E-state index contributed by atoms with van der Waals surface area (Å²) < 4.78 is 0. The van der Waals surface area contributed by atoms with Crippen LogP contribution in [0.5, 0.6) is 0 Å². The molecule has 0 aliphatic rings. The fourth-order valence-electron chi connectivity index (χ4n) is 2.00. The molecule has 0 heterocycles. The SMILES string of the molecule is CCC(C)C(NC(=O)C(CS)NC(=O)C(N)C(C)O)C(=O)NC(C)C(=O)O. The summed E-state index contributed by atoms with van der Waals surface area (Å²) in [5.74, 6) is -3.60. The van der Waals surface area contributed by atoms with E-state index in [2.05, 4.69) is 28.6 Å².